The van der Waals surface area contributed by atoms with E-state index < -0.39 is 0 Å². The maximum Gasteiger partial charge on any atom is 0.178 e. The first kappa shape index (κ1) is 13.8. The Morgan fingerprint density at radius 1 is 1.19 bits per heavy atom. The fourth-order valence-corrected chi connectivity index (χ4v) is 2.65. The summed E-state index contributed by atoms with van der Waals surface area (Å²) < 4.78 is 19.7. The summed E-state index contributed by atoms with van der Waals surface area (Å²) in [4.78, 5) is 0. The number of hydrogen-bond acceptors (Lipinski definition) is 3. The summed E-state index contributed by atoms with van der Waals surface area (Å²) in [6.07, 6.45) is 0. The van der Waals surface area contributed by atoms with Crippen molar-refractivity contribution in [2.75, 3.05) is 5.73 Å². The van der Waals surface area contributed by atoms with Crippen molar-refractivity contribution in [3.05, 3.63) is 58.3 Å². The Labute approximate surface area is 129 Å². The molecule has 0 radical (unpaired) electrons. The molecule has 0 aliphatic carbocycles. The molecule has 0 aliphatic rings. The first-order valence-electron chi connectivity index (χ1n) is 6.34. The molecule has 0 atom stereocenters. The fourth-order valence-electron chi connectivity index (χ4n) is 2.22. The van der Waals surface area contributed by atoms with Crippen LogP contribution in [0.15, 0.2) is 51.5 Å². The van der Waals surface area contributed by atoms with Gasteiger partial charge in [0.05, 0.1) is 5.56 Å². The summed E-state index contributed by atoms with van der Waals surface area (Å²) in [5, 5.41) is 3.83. The molecule has 0 saturated heterocycles. The number of hydrogen-bond donors (Lipinski definition) is 1. The Hall–Kier alpha value is -2.14. The number of halogens is 2. The zero-order valence-corrected chi connectivity index (χ0v) is 12.8. The molecular weight excluding hydrogens is 335 g/mol. The van der Waals surface area contributed by atoms with Gasteiger partial charge in [0, 0.05) is 10.0 Å². The SMILES string of the molecule is Cc1ccc(Br)c(-c2onc(N)c2-c2cccc(F)c2)c1. The average Bonchev–Trinajstić information content (AvgIpc) is 2.83. The summed E-state index contributed by atoms with van der Waals surface area (Å²) in [7, 11) is 0. The molecule has 0 saturated carbocycles. The van der Waals surface area contributed by atoms with E-state index in [0.717, 1.165) is 15.6 Å². The van der Waals surface area contributed by atoms with E-state index in [1.54, 1.807) is 12.1 Å². The Kier molecular flexibility index (Phi) is 3.51. The summed E-state index contributed by atoms with van der Waals surface area (Å²) in [5.74, 6) is 0.431. The first-order valence-corrected chi connectivity index (χ1v) is 7.13. The van der Waals surface area contributed by atoms with Crippen LogP contribution in [0.5, 0.6) is 0 Å². The monoisotopic (exact) mass is 346 g/mol. The van der Waals surface area contributed by atoms with Crippen molar-refractivity contribution >= 4 is 21.7 Å². The lowest BCUT2D eigenvalue weighted by Gasteiger charge is -2.06. The van der Waals surface area contributed by atoms with Crippen molar-refractivity contribution in [3.8, 4) is 22.5 Å². The molecule has 0 amide bonds. The standard InChI is InChI=1S/C16H12BrFN2O/c1-9-5-6-13(17)12(7-9)15-14(16(19)20-21-15)10-3-2-4-11(18)8-10/h2-8H,1H3,(H2,19,20). The highest BCUT2D eigenvalue weighted by Crippen LogP contribution is 2.39. The molecule has 1 aromatic heterocycles. The van der Waals surface area contributed by atoms with Crippen molar-refractivity contribution in [1.82, 2.24) is 5.16 Å². The zero-order valence-electron chi connectivity index (χ0n) is 11.2. The van der Waals surface area contributed by atoms with Gasteiger partial charge < -0.3 is 10.3 Å². The molecule has 0 bridgehead atoms. The van der Waals surface area contributed by atoms with Crippen LogP contribution in [-0.2, 0) is 0 Å². The van der Waals surface area contributed by atoms with Crippen molar-refractivity contribution in [2.45, 2.75) is 6.92 Å². The lowest BCUT2D eigenvalue weighted by atomic mass is 10.0. The summed E-state index contributed by atoms with van der Waals surface area (Å²) >= 11 is 3.49. The highest BCUT2D eigenvalue weighted by Gasteiger charge is 2.20. The number of aromatic nitrogens is 1. The largest absolute Gasteiger partial charge is 0.380 e. The smallest absolute Gasteiger partial charge is 0.178 e. The molecular formula is C16H12BrFN2O. The molecule has 21 heavy (non-hydrogen) atoms. The maximum absolute atomic E-state index is 13.5. The second-order valence-electron chi connectivity index (χ2n) is 4.77. The van der Waals surface area contributed by atoms with E-state index >= 15 is 0 Å². The number of nitrogen functional groups attached to an aromatic ring is 1. The zero-order chi connectivity index (χ0) is 15.0. The molecule has 3 aromatic rings. The number of aryl methyl sites for hydroxylation is 1. The van der Waals surface area contributed by atoms with Gasteiger partial charge in [-0.05, 0) is 36.8 Å². The average molecular weight is 347 g/mol. The highest BCUT2D eigenvalue weighted by atomic mass is 79.9. The van der Waals surface area contributed by atoms with Crippen LogP contribution in [0.4, 0.5) is 10.2 Å². The van der Waals surface area contributed by atoms with E-state index in [2.05, 4.69) is 21.1 Å². The van der Waals surface area contributed by atoms with Crippen molar-refractivity contribution in [1.29, 1.82) is 0 Å². The Morgan fingerprint density at radius 3 is 2.76 bits per heavy atom. The van der Waals surface area contributed by atoms with Gasteiger partial charge >= 0.3 is 0 Å². The molecule has 2 aromatic carbocycles. The third-order valence-electron chi connectivity index (χ3n) is 3.20. The number of nitrogens with zero attached hydrogens (tertiary/aromatic N) is 1. The third kappa shape index (κ3) is 2.56. The van der Waals surface area contributed by atoms with Crippen LogP contribution in [0.3, 0.4) is 0 Å². The number of nitrogens with two attached hydrogens (primary N) is 1. The Bertz CT molecular complexity index is 814. The summed E-state index contributed by atoms with van der Waals surface area (Å²) in [5.41, 5.74) is 9.05. The maximum atomic E-state index is 13.5. The van der Waals surface area contributed by atoms with Gasteiger partial charge in [0.1, 0.15) is 5.82 Å². The molecule has 2 N–H and O–H groups in total. The van der Waals surface area contributed by atoms with Crippen LogP contribution >= 0.6 is 15.9 Å². The minimum atomic E-state index is -0.331. The van der Waals surface area contributed by atoms with Gasteiger partial charge in [-0.3, -0.25) is 0 Å². The molecule has 0 unspecified atom stereocenters. The molecule has 1 heterocycles. The second kappa shape index (κ2) is 5.33. The molecule has 5 heteroatoms. The number of anilines is 1. The van der Waals surface area contributed by atoms with E-state index in [0.29, 0.717) is 16.9 Å². The van der Waals surface area contributed by atoms with Gasteiger partial charge in [0.25, 0.3) is 0 Å². The van der Waals surface area contributed by atoms with Gasteiger partial charge in [-0.2, -0.15) is 0 Å². The predicted octanol–water partition coefficient (Wildman–Crippen LogP) is 4.80. The van der Waals surface area contributed by atoms with Gasteiger partial charge in [0.2, 0.25) is 0 Å². The lowest BCUT2D eigenvalue weighted by molar-refractivity contribution is 0.436. The molecule has 0 spiro atoms. The van der Waals surface area contributed by atoms with E-state index in [4.69, 9.17) is 10.3 Å². The second-order valence-corrected chi connectivity index (χ2v) is 5.62. The van der Waals surface area contributed by atoms with Crippen LogP contribution in [0.1, 0.15) is 5.56 Å². The van der Waals surface area contributed by atoms with Gasteiger partial charge in [-0.1, -0.05) is 44.8 Å². The van der Waals surface area contributed by atoms with E-state index in [1.165, 1.54) is 12.1 Å². The summed E-state index contributed by atoms with van der Waals surface area (Å²) in [6, 6.07) is 12.1. The van der Waals surface area contributed by atoms with Crippen molar-refractivity contribution < 1.29 is 8.91 Å². The van der Waals surface area contributed by atoms with Gasteiger partial charge in [-0.15, -0.1) is 0 Å². The normalized spacial score (nSPS) is 10.8. The molecule has 3 rings (SSSR count). The quantitative estimate of drug-likeness (QED) is 0.724. The molecule has 3 nitrogen and oxygen atoms in total. The Balaban J connectivity index is 2.24. The Morgan fingerprint density at radius 2 is 2.00 bits per heavy atom. The van der Waals surface area contributed by atoms with Crippen LogP contribution in [0, 0.1) is 12.7 Å². The third-order valence-corrected chi connectivity index (χ3v) is 3.89. The molecule has 0 fully saturated rings. The highest BCUT2D eigenvalue weighted by molar-refractivity contribution is 9.10. The number of rotatable bonds is 2. The van der Waals surface area contributed by atoms with Crippen molar-refractivity contribution in [2.24, 2.45) is 0 Å². The van der Waals surface area contributed by atoms with Crippen LogP contribution < -0.4 is 5.73 Å². The van der Waals surface area contributed by atoms with E-state index in [-0.39, 0.29) is 11.6 Å². The van der Waals surface area contributed by atoms with Crippen molar-refractivity contribution in [3.63, 3.8) is 0 Å². The van der Waals surface area contributed by atoms with Crippen LogP contribution in [0.2, 0.25) is 0 Å². The molecule has 106 valence electrons. The van der Waals surface area contributed by atoms with E-state index in [9.17, 15) is 4.39 Å². The predicted molar refractivity (Wildman–Crippen MR) is 84.2 cm³/mol. The summed E-state index contributed by atoms with van der Waals surface area (Å²) in [6.45, 7) is 1.98. The van der Waals surface area contributed by atoms with E-state index in [1.807, 2.05) is 25.1 Å². The molecule has 0 aliphatic heterocycles. The van der Waals surface area contributed by atoms with Gasteiger partial charge in [-0.25, -0.2) is 4.39 Å². The lowest BCUT2D eigenvalue weighted by Crippen LogP contribution is -1.90. The minimum absolute atomic E-state index is 0.240. The van der Waals surface area contributed by atoms with Gasteiger partial charge in [0.15, 0.2) is 11.6 Å². The van der Waals surface area contributed by atoms with Crippen LogP contribution in [0.25, 0.3) is 22.5 Å². The minimum Gasteiger partial charge on any atom is -0.380 e. The number of benzene rings is 2. The fraction of sp³-hybridized carbons (Fsp3) is 0.0625. The first-order chi connectivity index (χ1) is 10.1. The van der Waals surface area contributed by atoms with Crippen LogP contribution in [-0.4, -0.2) is 5.16 Å². The topological polar surface area (TPSA) is 52.0 Å².